The summed E-state index contributed by atoms with van der Waals surface area (Å²) >= 11 is 0. The second-order valence-corrected chi connectivity index (χ2v) is 16.5. The Balaban J connectivity index is 2.35. The lowest BCUT2D eigenvalue weighted by Gasteiger charge is -2.40. The van der Waals surface area contributed by atoms with Gasteiger partial charge in [0.15, 0.2) is 6.29 Å². The fraction of sp³-hybridized carbons (Fsp3) is 0.854. The largest absolute Gasteiger partial charge is 0.394 e. The second kappa shape index (κ2) is 38.6. The molecule has 0 spiro atoms. The minimum atomic E-state index is -1.57. The molecule has 0 aliphatic carbocycles. The molecular formula is C48H89NO8. The van der Waals surface area contributed by atoms with Crippen molar-refractivity contribution in [3.63, 3.8) is 0 Å². The first-order valence-corrected chi connectivity index (χ1v) is 23.7. The number of allylic oxidation sites excluding steroid dienone is 5. The van der Waals surface area contributed by atoms with Gasteiger partial charge in [0.2, 0.25) is 5.91 Å². The smallest absolute Gasteiger partial charge is 0.220 e. The molecule has 0 aromatic heterocycles. The number of carbonyl (C=O) groups is 1. The maximum absolute atomic E-state index is 12.9. The molecule has 1 aliphatic rings. The molecule has 0 saturated carbocycles. The van der Waals surface area contributed by atoms with Crippen LogP contribution in [0.25, 0.3) is 0 Å². The van der Waals surface area contributed by atoms with E-state index in [1.165, 1.54) is 148 Å². The Labute approximate surface area is 349 Å². The van der Waals surface area contributed by atoms with Gasteiger partial charge in [-0.15, -0.1) is 0 Å². The normalized spacial score (nSPS) is 21.3. The number of aliphatic hydroxyl groups excluding tert-OH is 5. The molecule has 0 radical (unpaired) electrons. The zero-order valence-electron chi connectivity index (χ0n) is 36.6. The van der Waals surface area contributed by atoms with Crippen LogP contribution < -0.4 is 5.32 Å². The van der Waals surface area contributed by atoms with Crippen molar-refractivity contribution in [2.24, 2.45) is 0 Å². The highest BCUT2D eigenvalue weighted by molar-refractivity contribution is 5.76. The molecule has 0 aromatic carbocycles. The van der Waals surface area contributed by atoms with E-state index in [9.17, 15) is 30.3 Å². The number of hydrogen-bond acceptors (Lipinski definition) is 8. The Bertz CT molecular complexity index is 987. The molecule has 7 unspecified atom stereocenters. The first-order valence-electron chi connectivity index (χ1n) is 23.7. The predicted molar refractivity (Wildman–Crippen MR) is 235 cm³/mol. The molecule has 1 saturated heterocycles. The number of rotatable bonds is 39. The molecule has 334 valence electrons. The van der Waals surface area contributed by atoms with Crippen molar-refractivity contribution in [2.45, 2.75) is 249 Å². The van der Waals surface area contributed by atoms with Crippen LogP contribution in [-0.2, 0) is 14.3 Å². The second-order valence-electron chi connectivity index (χ2n) is 16.5. The Hall–Kier alpha value is -1.59. The minimum absolute atomic E-state index is 0.210. The van der Waals surface area contributed by atoms with Crippen LogP contribution in [0.3, 0.4) is 0 Å². The molecular weight excluding hydrogens is 719 g/mol. The van der Waals surface area contributed by atoms with Crippen molar-refractivity contribution in [3.05, 3.63) is 36.5 Å². The Morgan fingerprint density at radius 2 is 1.04 bits per heavy atom. The average Bonchev–Trinajstić information content (AvgIpc) is 3.21. The highest BCUT2D eigenvalue weighted by Gasteiger charge is 2.44. The molecule has 9 nitrogen and oxygen atoms in total. The molecule has 0 aromatic rings. The highest BCUT2D eigenvalue weighted by atomic mass is 16.7. The average molecular weight is 808 g/mol. The molecule has 1 heterocycles. The SMILES string of the molecule is CCCCCCCC/C=C\C/C=C\CCC(=O)NC(COC1OC(CO)C(O)C(O)C1O)C(O)/C=C/CCCCCCCCCCCCCCCCCCCCC. The summed E-state index contributed by atoms with van der Waals surface area (Å²) in [4.78, 5) is 12.9. The van der Waals surface area contributed by atoms with E-state index in [4.69, 9.17) is 9.47 Å². The van der Waals surface area contributed by atoms with Gasteiger partial charge in [0.1, 0.15) is 24.4 Å². The number of hydrogen-bond donors (Lipinski definition) is 6. The molecule has 1 amide bonds. The van der Waals surface area contributed by atoms with E-state index < -0.39 is 49.5 Å². The van der Waals surface area contributed by atoms with E-state index in [0.29, 0.717) is 6.42 Å². The molecule has 9 heteroatoms. The summed E-state index contributed by atoms with van der Waals surface area (Å²) in [6, 6.07) is -0.833. The molecule has 1 rings (SSSR count). The quantitative estimate of drug-likeness (QED) is 0.0266. The van der Waals surface area contributed by atoms with Gasteiger partial charge in [0, 0.05) is 6.42 Å². The summed E-state index contributed by atoms with van der Waals surface area (Å²) in [5.74, 6) is -0.244. The van der Waals surface area contributed by atoms with Crippen molar-refractivity contribution in [2.75, 3.05) is 13.2 Å². The van der Waals surface area contributed by atoms with E-state index in [-0.39, 0.29) is 18.9 Å². The molecule has 1 fully saturated rings. The maximum Gasteiger partial charge on any atom is 0.220 e. The van der Waals surface area contributed by atoms with Gasteiger partial charge < -0.3 is 40.3 Å². The van der Waals surface area contributed by atoms with Crippen molar-refractivity contribution < 1.29 is 39.8 Å². The van der Waals surface area contributed by atoms with Gasteiger partial charge in [-0.25, -0.2) is 0 Å². The van der Waals surface area contributed by atoms with Crippen LogP contribution in [0, 0.1) is 0 Å². The summed E-state index contributed by atoms with van der Waals surface area (Å²) in [5, 5.41) is 54.1. The third-order valence-electron chi connectivity index (χ3n) is 11.2. The van der Waals surface area contributed by atoms with Crippen LogP contribution in [0.4, 0.5) is 0 Å². The Kier molecular flexibility index (Phi) is 36.2. The lowest BCUT2D eigenvalue weighted by Crippen LogP contribution is -2.60. The van der Waals surface area contributed by atoms with Crippen LogP contribution >= 0.6 is 0 Å². The number of amides is 1. The van der Waals surface area contributed by atoms with E-state index in [1.807, 2.05) is 12.2 Å². The zero-order valence-corrected chi connectivity index (χ0v) is 36.6. The van der Waals surface area contributed by atoms with Crippen LogP contribution in [0.15, 0.2) is 36.5 Å². The van der Waals surface area contributed by atoms with Crippen molar-refractivity contribution in [1.29, 1.82) is 0 Å². The number of carbonyl (C=O) groups excluding carboxylic acids is 1. The van der Waals surface area contributed by atoms with Crippen LogP contribution in [0.5, 0.6) is 0 Å². The summed E-state index contributed by atoms with van der Waals surface area (Å²) in [6.07, 6.45) is 40.6. The standard InChI is InChI=1S/C48H89NO8/c1-3-5-7-9-11-13-15-17-18-19-20-21-22-23-24-26-27-29-31-33-35-37-42(51)41(40-56-48-47(55)46(54)45(53)43(39-50)57-48)49-44(52)38-36-34-32-30-28-25-16-14-12-10-8-6-4-2/h25,28,32,34-35,37,41-43,45-48,50-51,53-55H,3-24,26-27,29-31,33,36,38-40H2,1-2H3,(H,49,52)/b28-25-,34-32-,37-35+. The van der Waals surface area contributed by atoms with Crippen LogP contribution in [-0.4, -0.2) is 87.5 Å². The van der Waals surface area contributed by atoms with E-state index in [1.54, 1.807) is 6.08 Å². The van der Waals surface area contributed by atoms with Gasteiger partial charge in [-0.3, -0.25) is 4.79 Å². The van der Waals surface area contributed by atoms with Crippen LogP contribution in [0.1, 0.15) is 206 Å². The predicted octanol–water partition coefficient (Wildman–Crippen LogP) is 10.1. The van der Waals surface area contributed by atoms with Crippen molar-refractivity contribution in [1.82, 2.24) is 5.32 Å². The van der Waals surface area contributed by atoms with Gasteiger partial charge in [0.25, 0.3) is 0 Å². The zero-order chi connectivity index (χ0) is 41.6. The van der Waals surface area contributed by atoms with Gasteiger partial charge in [-0.1, -0.05) is 198 Å². The van der Waals surface area contributed by atoms with Crippen LogP contribution in [0.2, 0.25) is 0 Å². The van der Waals surface area contributed by atoms with Gasteiger partial charge in [0.05, 0.1) is 25.4 Å². The maximum atomic E-state index is 12.9. The lowest BCUT2D eigenvalue weighted by atomic mass is 9.99. The molecule has 7 atom stereocenters. The van der Waals surface area contributed by atoms with Crippen molar-refractivity contribution in [3.8, 4) is 0 Å². The van der Waals surface area contributed by atoms with E-state index in [2.05, 4.69) is 37.4 Å². The first kappa shape index (κ1) is 53.4. The Morgan fingerprint density at radius 1 is 0.596 bits per heavy atom. The summed E-state index contributed by atoms with van der Waals surface area (Å²) in [6.45, 7) is 3.73. The van der Waals surface area contributed by atoms with E-state index in [0.717, 1.165) is 32.1 Å². The Morgan fingerprint density at radius 3 is 1.51 bits per heavy atom. The van der Waals surface area contributed by atoms with Gasteiger partial charge in [-0.2, -0.15) is 0 Å². The molecule has 0 bridgehead atoms. The highest BCUT2D eigenvalue weighted by Crippen LogP contribution is 2.22. The lowest BCUT2D eigenvalue weighted by molar-refractivity contribution is -0.302. The number of ether oxygens (including phenoxy) is 2. The monoisotopic (exact) mass is 808 g/mol. The van der Waals surface area contributed by atoms with Crippen molar-refractivity contribution >= 4 is 5.91 Å². The third kappa shape index (κ3) is 29.3. The third-order valence-corrected chi connectivity index (χ3v) is 11.2. The summed E-state index contributed by atoms with van der Waals surface area (Å²) in [7, 11) is 0. The summed E-state index contributed by atoms with van der Waals surface area (Å²) in [5.41, 5.74) is 0. The first-order chi connectivity index (χ1) is 27.8. The fourth-order valence-electron chi connectivity index (χ4n) is 7.38. The molecule has 1 aliphatic heterocycles. The van der Waals surface area contributed by atoms with Gasteiger partial charge in [-0.05, 0) is 38.5 Å². The minimum Gasteiger partial charge on any atom is -0.394 e. The number of unbranched alkanes of at least 4 members (excludes halogenated alkanes) is 25. The topological polar surface area (TPSA) is 149 Å². The molecule has 57 heavy (non-hydrogen) atoms. The molecule has 6 N–H and O–H groups in total. The number of aliphatic hydroxyl groups is 5. The van der Waals surface area contributed by atoms with Gasteiger partial charge >= 0.3 is 0 Å². The number of nitrogens with one attached hydrogen (secondary N) is 1. The van der Waals surface area contributed by atoms with E-state index >= 15 is 0 Å². The summed E-state index contributed by atoms with van der Waals surface area (Å²) < 4.78 is 11.2. The fourth-order valence-corrected chi connectivity index (χ4v) is 7.38.